The first-order valence-electron chi connectivity index (χ1n) is 5.60. The molecule has 1 amide bonds. The molecule has 17 heavy (non-hydrogen) atoms. The molecule has 1 heterocycles. The summed E-state index contributed by atoms with van der Waals surface area (Å²) in [5.74, 6) is 0.541. The number of carbonyl (C=O) groups is 1. The van der Waals surface area contributed by atoms with Crippen molar-refractivity contribution in [2.45, 2.75) is 32.2 Å². The summed E-state index contributed by atoms with van der Waals surface area (Å²) in [4.78, 5) is 14.4. The van der Waals surface area contributed by atoms with Gasteiger partial charge in [0.15, 0.2) is 5.69 Å². The van der Waals surface area contributed by atoms with E-state index in [4.69, 9.17) is 22.5 Å². The molecule has 0 bridgehead atoms. The molecule has 1 saturated carbocycles. The van der Waals surface area contributed by atoms with Crippen molar-refractivity contribution in [2.75, 3.05) is 6.54 Å². The average molecular weight is 253 g/mol. The molecule has 92 valence electrons. The Labute approximate surface area is 105 Å². The van der Waals surface area contributed by atoms with Crippen molar-refractivity contribution in [3.05, 3.63) is 17.5 Å². The van der Waals surface area contributed by atoms with Crippen LogP contribution in [0.3, 0.4) is 0 Å². The summed E-state index contributed by atoms with van der Waals surface area (Å²) in [6.07, 6.45) is 2.63. The second kappa shape index (κ2) is 4.83. The number of amides is 1. The molecule has 5 nitrogen and oxygen atoms in total. The molecule has 1 fully saturated rings. The Morgan fingerprint density at radius 2 is 2.41 bits per heavy atom. The van der Waals surface area contributed by atoms with Crippen LogP contribution in [-0.2, 0) is 0 Å². The third kappa shape index (κ3) is 3.03. The Balaban J connectivity index is 2.05. The predicted molar refractivity (Wildman–Crippen MR) is 66.7 cm³/mol. The number of carbonyl (C=O) groups excluding carboxylic acids is 1. The van der Waals surface area contributed by atoms with Crippen molar-refractivity contribution in [3.8, 4) is 0 Å². The van der Waals surface area contributed by atoms with Gasteiger partial charge < -0.3 is 15.2 Å². The number of nitrogens with zero attached hydrogens (tertiary/aromatic N) is 2. The zero-order valence-corrected chi connectivity index (χ0v) is 10.5. The number of nitrogens with two attached hydrogens (primary N) is 1. The van der Waals surface area contributed by atoms with Crippen molar-refractivity contribution in [1.29, 1.82) is 0 Å². The van der Waals surface area contributed by atoms with Gasteiger partial charge in [0.05, 0.1) is 4.99 Å². The summed E-state index contributed by atoms with van der Waals surface area (Å²) >= 11 is 4.83. The van der Waals surface area contributed by atoms with Crippen molar-refractivity contribution in [1.82, 2.24) is 10.1 Å². The van der Waals surface area contributed by atoms with Crippen molar-refractivity contribution < 1.29 is 9.32 Å². The van der Waals surface area contributed by atoms with Crippen molar-refractivity contribution >= 4 is 23.1 Å². The molecule has 0 aliphatic heterocycles. The third-order valence-corrected chi connectivity index (χ3v) is 2.90. The van der Waals surface area contributed by atoms with Gasteiger partial charge in [-0.15, -0.1) is 0 Å². The minimum Gasteiger partial charge on any atom is -0.393 e. The number of aryl methyl sites for hydroxylation is 1. The minimum absolute atomic E-state index is 0.0967. The number of aromatic nitrogens is 1. The summed E-state index contributed by atoms with van der Waals surface area (Å²) in [7, 11) is 0. The fourth-order valence-corrected chi connectivity index (χ4v) is 1.77. The molecule has 0 unspecified atom stereocenters. The summed E-state index contributed by atoms with van der Waals surface area (Å²) in [6.45, 7) is 2.32. The lowest BCUT2D eigenvalue weighted by molar-refractivity contribution is 0.0737. The van der Waals surface area contributed by atoms with E-state index < -0.39 is 0 Å². The highest BCUT2D eigenvalue weighted by molar-refractivity contribution is 7.80. The summed E-state index contributed by atoms with van der Waals surface area (Å²) < 4.78 is 4.91. The Morgan fingerprint density at radius 3 is 2.88 bits per heavy atom. The maximum atomic E-state index is 12.2. The highest BCUT2D eigenvalue weighted by Crippen LogP contribution is 2.28. The maximum absolute atomic E-state index is 12.2. The summed E-state index contributed by atoms with van der Waals surface area (Å²) in [5, 5.41) is 3.74. The van der Waals surface area contributed by atoms with E-state index in [-0.39, 0.29) is 5.91 Å². The number of hydrogen-bond acceptors (Lipinski definition) is 4. The van der Waals surface area contributed by atoms with Crippen LogP contribution in [0.4, 0.5) is 0 Å². The monoisotopic (exact) mass is 253 g/mol. The Hall–Kier alpha value is -1.43. The predicted octanol–water partition coefficient (Wildman–Crippen LogP) is 1.26. The lowest BCUT2D eigenvalue weighted by Gasteiger charge is -2.20. The molecular formula is C11H15N3O2S. The van der Waals surface area contributed by atoms with Crippen LogP contribution < -0.4 is 5.73 Å². The molecular weight excluding hydrogens is 238 g/mol. The smallest absolute Gasteiger partial charge is 0.276 e. The molecule has 0 saturated heterocycles. The van der Waals surface area contributed by atoms with E-state index in [0.717, 1.165) is 12.8 Å². The Morgan fingerprint density at radius 1 is 1.71 bits per heavy atom. The van der Waals surface area contributed by atoms with Gasteiger partial charge in [-0.05, 0) is 19.8 Å². The van der Waals surface area contributed by atoms with Crippen LogP contribution in [0, 0.1) is 6.92 Å². The van der Waals surface area contributed by atoms with Gasteiger partial charge >= 0.3 is 0 Å². The van der Waals surface area contributed by atoms with Crippen LogP contribution >= 0.6 is 12.2 Å². The van der Waals surface area contributed by atoms with E-state index in [1.807, 2.05) is 0 Å². The molecule has 0 atom stereocenters. The van der Waals surface area contributed by atoms with E-state index in [9.17, 15) is 4.79 Å². The first kappa shape index (κ1) is 12.0. The Kier molecular flexibility index (Phi) is 3.42. The lowest BCUT2D eigenvalue weighted by atomic mass is 10.3. The zero-order valence-electron chi connectivity index (χ0n) is 9.68. The minimum atomic E-state index is -0.0967. The molecule has 1 aliphatic carbocycles. The van der Waals surface area contributed by atoms with Crippen LogP contribution in [0.2, 0.25) is 0 Å². The first-order valence-corrected chi connectivity index (χ1v) is 6.01. The van der Waals surface area contributed by atoms with Crippen LogP contribution in [0.5, 0.6) is 0 Å². The van der Waals surface area contributed by atoms with E-state index >= 15 is 0 Å². The zero-order chi connectivity index (χ0) is 12.4. The van der Waals surface area contributed by atoms with Gasteiger partial charge in [-0.2, -0.15) is 0 Å². The first-order chi connectivity index (χ1) is 8.08. The van der Waals surface area contributed by atoms with Gasteiger partial charge in [0.2, 0.25) is 0 Å². The quantitative estimate of drug-likeness (QED) is 0.800. The van der Waals surface area contributed by atoms with Gasteiger partial charge in [-0.3, -0.25) is 4.79 Å². The van der Waals surface area contributed by atoms with Crippen molar-refractivity contribution in [3.63, 3.8) is 0 Å². The number of thiocarbonyl (C=S) groups is 1. The molecule has 2 N–H and O–H groups in total. The molecule has 1 aliphatic rings. The van der Waals surface area contributed by atoms with Gasteiger partial charge in [-0.25, -0.2) is 0 Å². The molecule has 2 rings (SSSR count). The highest BCUT2D eigenvalue weighted by Gasteiger charge is 2.33. The largest absolute Gasteiger partial charge is 0.393 e. The normalized spacial score (nSPS) is 14.6. The summed E-state index contributed by atoms with van der Waals surface area (Å²) in [5.41, 5.74) is 5.82. The lowest BCUT2D eigenvalue weighted by Crippen LogP contribution is -2.35. The second-order valence-corrected chi connectivity index (χ2v) is 4.79. The fraction of sp³-hybridized carbons (Fsp3) is 0.545. The van der Waals surface area contributed by atoms with Gasteiger partial charge in [0, 0.05) is 25.1 Å². The van der Waals surface area contributed by atoms with Crippen LogP contribution in [-0.4, -0.2) is 33.5 Å². The van der Waals surface area contributed by atoms with Crippen LogP contribution in [0.1, 0.15) is 35.5 Å². The second-order valence-electron chi connectivity index (χ2n) is 4.27. The van der Waals surface area contributed by atoms with E-state index in [2.05, 4.69) is 5.16 Å². The molecule has 6 heteroatoms. The average Bonchev–Trinajstić information content (AvgIpc) is 3.00. The molecule has 0 spiro atoms. The SMILES string of the molecule is Cc1cc(C(=O)N(CCC(N)=S)C2CC2)no1. The molecule has 0 aromatic carbocycles. The molecule has 1 aromatic heterocycles. The topological polar surface area (TPSA) is 72.4 Å². The van der Waals surface area contributed by atoms with Gasteiger partial charge in [0.25, 0.3) is 5.91 Å². The molecule has 0 radical (unpaired) electrons. The maximum Gasteiger partial charge on any atom is 0.276 e. The van der Waals surface area contributed by atoms with E-state index in [1.165, 1.54) is 0 Å². The number of hydrogen-bond donors (Lipinski definition) is 1. The highest BCUT2D eigenvalue weighted by atomic mass is 32.1. The fourth-order valence-electron chi connectivity index (χ4n) is 1.68. The van der Waals surface area contributed by atoms with Crippen LogP contribution in [0.25, 0.3) is 0 Å². The molecule has 1 aromatic rings. The number of rotatable bonds is 5. The van der Waals surface area contributed by atoms with Crippen molar-refractivity contribution in [2.24, 2.45) is 5.73 Å². The van der Waals surface area contributed by atoms with Gasteiger partial charge in [-0.1, -0.05) is 17.4 Å². The van der Waals surface area contributed by atoms with Gasteiger partial charge in [0.1, 0.15) is 5.76 Å². The third-order valence-electron chi connectivity index (χ3n) is 2.69. The van der Waals surface area contributed by atoms with E-state index in [1.54, 1.807) is 17.9 Å². The Bertz CT molecular complexity index is 440. The van der Waals surface area contributed by atoms with Crippen LogP contribution in [0.15, 0.2) is 10.6 Å². The van der Waals surface area contributed by atoms with E-state index in [0.29, 0.717) is 35.5 Å². The standard InChI is InChI=1S/C11H15N3O2S/c1-7-6-9(13-16-7)11(15)14(8-2-3-8)5-4-10(12)17/h6,8H,2-5H2,1H3,(H2,12,17). The summed E-state index contributed by atoms with van der Waals surface area (Å²) in [6, 6.07) is 1.97.